The summed E-state index contributed by atoms with van der Waals surface area (Å²) in [6.45, 7) is 5.52. The first-order valence-electron chi connectivity index (χ1n) is 4.80. The molecular formula is C12H15N. The highest BCUT2D eigenvalue weighted by atomic mass is 14.8. The molecule has 0 saturated heterocycles. The molecule has 0 unspecified atom stereocenters. The van der Waals surface area contributed by atoms with Crippen molar-refractivity contribution in [3.63, 3.8) is 0 Å². The number of benzene rings is 1. The van der Waals surface area contributed by atoms with Crippen LogP contribution < -0.4 is 0 Å². The van der Waals surface area contributed by atoms with E-state index in [0.717, 1.165) is 6.54 Å². The molecule has 1 aliphatic heterocycles. The van der Waals surface area contributed by atoms with Gasteiger partial charge >= 0.3 is 0 Å². The molecule has 2 rings (SSSR count). The fourth-order valence-electron chi connectivity index (χ4n) is 1.86. The Hall–Kier alpha value is -1.11. The lowest BCUT2D eigenvalue weighted by atomic mass is 9.83. The zero-order chi connectivity index (χ0) is 9.31. The standard InChI is InChI=1S/C12H15N/c1-12(2)8-9-13-11(12)10-6-4-3-5-7-10/h3-7H,8-9H2,1-2H3. The predicted octanol–water partition coefficient (Wildman–Crippen LogP) is 2.91. The Morgan fingerprint density at radius 1 is 1.15 bits per heavy atom. The Kier molecular flexibility index (Phi) is 1.95. The Labute approximate surface area is 79.5 Å². The molecule has 0 N–H and O–H groups in total. The van der Waals surface area contributed by atoms with Gasteiger partial charge in [-0.05, 0) is 12.0 Å². The van der Waals surface area contributed by atoms with Crippen molar-refractivity contribution >= 4 is 5.71 Å². The van der Waals surface area contributed by atoms with E-state index in [9.17, 15) is 0 Å². The summed E-state index contributed by atoms with van der Waals surface area (Å²) in [6, 6.07) is 10.5. The third-order valence-corrected chi connectivity index (χ3v) is 2.69. The summed E-state index contributed by atoms with van der Waals surface area (Å²) in [5.41, 5.74) is 2.82. The van der Waals surface area contributed by atoms with E-state index in [1.807, 2.05) is 6.07 Å². The Morgan fingerprint density at radius 2 is 1.85 bits per heavy atom. The van der Waals surface area contributed by atoms with Crippen LogP contribution in [0.2, 0.25) is 0 Å². The minimum atomic E-state index is 0.265. The van der Waals surface area contributed by atoms with E-state index in [1.54, 1.807) is 0 Å². The Balaban J connectivity index is 2.38. The molecule has 68 valence electrons. The van der Waals surface area contributed by atoms with Crippen molar-refractivity contribution in [2.24, 2.45) is 10.4 Å². The molecule has 0 spiro atoms. The van der Waals surface area contributed by atoms with Gasteiger partial charge in [-0.3, -0.25) is 4.99 Å². The highest BCUT2D eigenvalue weighted by Gasteiger charge is 2.29. The maximum Gasteiger partial charge on any atom is 0.0477 e. The van der Waals surface area contributed by atoms with Crippen LogP contribution in [0.1, 0.15) is 25.8 Å². The molecule has 0 fully saturated rings. The summed E-state index contributed by atoms with van der Waals surface area (Å²) in [4.78, 5) is 4.58. The third kappa shape index (κ3) is 1.51. The van der Waals surface area contributed by atoms with Crippen molar-refractivity contribution in [1.82, 2.24) is 0 Å². The lowest BCUT2D eigenvalue weighted by Gasteiger charge is -2.19. The maximum absolute atomic E-state index is 4.58. The van der Waals surface area contributed by atoms with Gasteiger partial charge in [-0.15, -0.1) is 0 Å². The zero-order valence-corrected chi connectivity index (χ0v) is 8.25. The topological polar surface area (TPSA) is 12.4 Å². The van der Waals surface area contributed by atoms with Crippen molar-refractivity contribution in [2.45, 2.75) is 20.3 Å². The highest BCUT2D eigenvalue weighted by molar-refractivity contribution is 6.05. The van der Waals surface area contributed by atoms with Crippen molar-refractivity contribution in [3.8, 4) is 0 Å². The van der Waals surface area contributed by atoms with Gasteiger partial charge in [0.05, 0.1) is 0 Å². The smallest absolute Gasteiger partial charge is 0.0477 e. The van der Waals surface area contributed by atoms with Gasteiger partial charge in [-0.1, -0.05) is 44.2 Å². The van der Waals surface area contributed by atoms with Crippen molar-refractivity contribution in [3.05, 3.63) is 35.9 Å². The van der Waals surface area contributed by atoms with Crippen LogP contribution in [-0.4, -0.2) is 12.3 Å². The third-order valence-electron chi connectivity index (χ3n) is 2.69. The SMILES string of the molecule is CC1(C)CCN=C1c1ccccc1. The quantitative estimate of drug-likeness (QED) is 0.619. The van der Waals surface area contributed by atoms with Gasteiger partial charge in [0, 0.05) is 17.7 Å². The number of hydrogen-bond acceptors (Lipinski definition) is 1. The molecule has 1 aromatic carbocycles. The first-order valence-corrected chi connectivity index (χ1v) is 4.80. The molecule has 0 saturated carbocycles. The Morgan fingerprint density at radius 3 is 2.38 bits per heavy atom. The van der Waals surface area contributed by atoms with E-state index in [0.29, 0.717) is 0 Å². The molecule has 0 aliphatic carbocycles. The van der Waals surface area contributed by atoms with Crippen LogP contribution in [0.5, 0.6) is 0 Å². The fraction of sp³-hybridized carbons (Fsp3) is 0.417. The second-order valence-corrected chi connectivity index (χ2v) is 4.23. The minimum absolute atomic E-state index is 0.265. The summed E-state index contributed by atoms with van der Waals surface area (Å²) < 4.78 is 0. The van der Waals surface area contributed by atoms with E-state index >= 15 is 0 Å². The second kappa shape index (κ2) is 2.99. The van der Waals surface area contributed by atoms with Crippen molar-refractivity contribution < 1.29 is 0 Å². The van der Waals surface area contributed by atoms with Crippen LogP contribution in [0.3, 0.4) is 0 Å². The largest absolute Gasteiger partial charge is 0.289 e. The maximum atomic E-state index is 4.58. The van der Waals surface area contributed by atoms with Crippen LogP contribution in [0.4, 0.5) is 0 Å². The van der Waals surface area contributed by atoms with Gasteiger partial charge in [-0.2, -0.15) is 0 Å². The molecule has 0 bridgehead atoms. The first kappa shape index (κ1) is 8.49. The summed E-state index contributed by atoms with van der Waals surface area (Å²) in [5.74, 6) is 0. The molecule has 0 amide bonds. The minimum Gasteiger partial charge on any atom is -0.289 e. The van der Waals surface area contributed by atoms with E-state index in [1.165, 1.54) is 17.7 Å². The molecule has 0 aromatic heterocycles. The van der Waals surface area contributed by atoms with Gasteiger partial charge in [-0.25, -0.2) is 0 Å². The molecule has 1 aromatic rings. The van der Waals surface area contributed by atoms with Crippen LogP contribution >= 0.6 is 0 Å². The molecule has 0 atom stereocenters. The number of nitrogens with zero attached hydrogens (tertiary/aromatic N) is 1. The summed E-state index contributed by atoms with van der Waals surface area (Å²) in [6.07, 6.45) is 1.18. The number of rotatable bonds is 1. The molecule has 1 aliphatic rings. The first-order chi connectivity index (χ1) is 6.20. The van der Waals surface area contributed by atoms with Crippen LogP contribution in [0, 0.1) is 5.41 Å². The Bertz CT molecular complexity index is 322. The second-order valence-electron chi connectivity index (χ2n) is 4.23. The lowest BCUT2D eigenvalue weighted by molar-refractivity contribution is 0.520. The van der Waals surface area contributed by atoms with Gasteiger partial charge in [0.25, 0.3) is 0 Å². The number of aliphatic imine (C=N–C) groups is 1. The predicted molar refractivity (Wildman–Crippen MR) is 56.2 cm³/mol. The molecule has 1 nitrogen and oxygen atoms in total. The zero-order valence-electron chi connectivity index (χ0n) is 8.25. The average Bonchev–Trinajstić information content (AvgIpc) is 2.47. The molecule has 1 heteroatoms. The summed E-state index contributed by atoms with van der Waals surface area (Å²) >= 11 is 0. The normalized spacial score (nSPS) is 20.0. The van der Waals surface area contributed by atoms with Gasteiger partial charge in [0.1, 0.15) is 0 Å². The molecule has 1 heterocycles. The van der Waals surface area contributed by atoms with Gasteiger partial charge in [0.15, 0.2) is 0 Å². The summed E-state index contributed by atoms with van der Waals surface area (Å²) in [5, 5.41) is 0. The fourth-order valence-corrected chi connectivity index (χ4v) is 1.86. The number of hydrogen-bond donors (Lipinski definition) is 0. The van der Waals surface area contributed by atoms with E-state index < -0.39 is 0 Å². The average molecular weight is 173 g/mol. The van der Waals surface area contributed by atoms with E-state index in [-0.39, 0.29) is 5.41 Å². The van der Waals surface area contributed by atoms with Crippen LogP contribution in [0.25, 0.3) is 0 Å². The van der Waals surface area contributed by atoms with Gasteiger partial charge in [0.2, 0.25) is 0 Å². The van der Waals surface area contributed by atoms with Gasteiger partial charge < -0.3 is 0 Å². The highest BCUT2D eigenvalue weighted by Crippen LogP contribution is 2.31. The molecular weight excluding hydrogens is 158 g/mol. The van der Waals surface area contributed by atoms with E-state index in [4.69, 9.17) is 0 Å². The monoisotopic (exact) mass is 173 g/mol. The van der Waals surface area contributed by atoms with Crippen molar-refractivity contribution in [2.75, 3.05) is 6.54 Å². The molecule has 13 heavy (non-hydrogen) atoms. The van der Waals surface area contributed by atoms with E-state index in [2.05, 4.69) is 43.1 Å². The summed E-state index contributed by atoms with van der Waals surface area (Å²) in [7, 11) is 0. The molecule has 0 radical (unpaired) electrons. The van der Waals surface area contributed by atoms with Crippen LogP contribution in [-0.2, 0) is 0 Å². The lowest BCUT2D eigenvalue weighted by Crippen LogP contribution is -2.20. The van der Waals surface area contributed by atoms with Crippen LogP contribution in [0.15, 0.2) is 35.3 Å². The van der Waals surface area contributed by atoms with Crippen molar-refractivity contribution in [1.29, 1.82) is 0 Å².